The number of benzene rings is 2. The molecule has 3 heteroatoms. The Labute approximate surface area is 125 Å². The van der Waals surface area contributed by atoms with Gasteiger partial charge in [0.1, 0.15) is 6.04 Å². The van der Waals surface area contributed by atoms with Gasteiger partial charge >= 0.3 is 5.97 Å². The first kappa shape index (κ1) is 14.7. The molecule has 0 aliphatic rings. The van der Waals surface area contributed by atoms with Crippen LogP contribution in [-0.2, 0) is 9.53 Å². The van der Waals surface area contributed by atoms with Crippen molar-refractivity contribution in [2.24, 2.45) is 0 Å². The highest BCUT2D eigenvalue weighted by molar-refractivity contribution is 5.88. The summed E-state index contributed by atoms with van der Waals surface area (Å²) in [4.78, 5) is 11.2. The second-order valence-corrected chi connectivity index (χ2v) is 4.62. The number of anilines is 1. The van der Waals surface area contributed by atoms with Gasteiger partial charge in [-0.1, -0.05) is 48.4 Å². The largest absolute Gasteiger partial charge is 0.459 e. The number of rotatable bonds is 3. The Morgan fingerprint density at radius 2 is 1.90 bits per heavy atom. The van der Waals surface area contributed by atoms with Crippen molar-refractivity contribution in [1.29, 1.82) is 0 Å². The lowest BCUT2D eigenvalue weighted by Gasteiger charge is -2.15. The van der Waals surface area contributed by atoms with E-state index in [2.05, 4.69) is 21.9 Å². The summed E-state index contributed by atoms with van der Waals surface area (Å²) < 4.78 is 4.57. The zero-order chi connectivity index (χ0) is 15.1. The summed E-state index contributed by atoms with van der Waals surface area (Å²) >= 11 is 0. The summed E-state index contributed by atoms with van der Waals surface area (Å²) in [7, 11) is 1.32. The average molecular weight is 279 g/mol. The molecule has 0 saturated heterocycles. The third-order valence-electron chi connectivity index (χ3n) is 2.97. The molecule has 3 nitrogen and oxygen atoms in total. The second-order valence-electron chi connectivity index (χ2n) is 4.62. The number of hydrogen-bond acceptors (Lipinski definition) is 3. The molecule has 2 aromatic rings. The van der Waals surface area contributed by atoms with Crippen LogP contribution in [0.4, 0.5) is 5.69 Å². The molecule has 1 N–H and O–H groups in total. The monoisotopic (exact) mass is 279 g/mol. The molecule has 1 unspecified atom stereocenters. The minimum Gasteiger partial charge on any atom is -0.459 e. The number of carbonyl (C=O) groups excluding carboxylic acids is 1. The summed E-state index contributed by atoms with van der Waals surface area (Å²) in [6.07, 6.45) is 0. The first-order valence-corrected chi connectivity index (χ1v) is 6.66. The Bertz CT molecular complexity index is 668. The average Bonchev–Trinajstić information content (AvgIpc) is 2.52. The number of carbonyl (C=O) groups is 1. The van der Waals surface area contributed by atoms with Gasteiger partial charge in [-0.3, -0.25) is 0 Å². The van der Waals surface area contributed by atoms with Gasteiger partial charge in [0.25, 0.3) is 0 Å². The Morgan fingerprint density at radius 1 is 1.14 bits per heavy atom. The highest BCUT2D eigenvalue weighted by Gasteiger charge is 2.08. The Hall–Kier alpha value is -2.73. The SMILES string of the molecule is COC(=O)C#CC(Nc1cccc(C)c1)c1ccccc1. The summed E-state index contributed by atoms with van der Waals surface area (Å²) in [6.45, 7) is 2.03. The quantitative estimate of drug-likeness (QED) is 0.532. The summed E-state index contributed by atoms with van der Waals surface area (Å²) in [5.74, 6) is 4.87. The molecule has 0 spiro atoms. The molecular weight excluding hydrogens is 262 g/mol. The minimum atomic E-state index is -0.540. The molecule has 2 aromatic carbocycles. The fourth-order valence-electron chi connectivity index (χ4n) is 1.93. The molecule has 0 fully saturated rings. The summed E-state index contributed by atoms with van der Waals surface area (Å²) in [5, 5.41) is 3.33. The lowest BCUT2D eigenvalue weighted by Crippen LogP contribution is -2.09. The maximum atomic E-state index is 11.2. The molecule has 0 saturated carbocycles. The summed E-state index contributed by atoms with van der Waals surface area (Å²) in [5.41, 5.74) is 3.12. The first-order chi connectivity index (χ1) is 10.2. The van der Waals surface area contributed by atoms with Gasteiger partial charge in [0.05, 0.1) is 7.11 Å². The second kappa shape index (κ2) is 7.16. The predicted octanol–water partition coefficient (Wildman–Crippen LogP) is 3.32. The van der Waals surface area contributed by atoms with Crippen LogP contribution in [0.5, 0.6) is 0 Å². The topological polar surface area (TPSA) is 38.3 Å². The van der Waals surface area contributed by atoms with Crippen molar-refractivity contribution in [1.82, 2.24) is 0 Å². The normalized spacial score (nSPS) is 11.0. The zero-order valence-corrected chi connectivity index (χ0v) is 12.1. The lowest BCUT2D eigenvalue weighted by atomic mass is 10.1. The smallest absolute Gasteiger partial charge is 0.384 e. The van der Waals surface area contributed by atoms with Crippen molar-refractivity contribution in [2.45, 2.75) is 13.0 Å². The highest BCUT2D eigenvalue weighted by atomic mass is 16.5. The number of esters is 1. The third-order valence-corrected chi connectivity index (χ3v) is 2.97. The van der Waals surface area contributed by atoms with Crippen LogP contribution in [0.2, 0.25) is 0 Å². The summed E-state index contributed by atoms with van der Waals surface area (Å²) in [6, 6.07) is 17.5. The number of ether oxygens (including phenoxy) is 1. The molecule has 0 aromatic heterocycles. The number of nitrogens with one attached hydrogen (secondary N) is 1. The molecule has 106 valence electrons. The maximum Gasteiger partial charge on any atom is 0.384 e. The predicted molar refractivity (Wildman–Crippen MR) is 83.8 cm³/mol. The van der Waals surface area contributed by atoms with Gasteiger partial charge in [0.15, 0.2) is 0 Å². The van der Waals surface area contributed by atoms with E-state index in [9.17, 15) is 4.79 Å². The Balaban J connectivity index is 2.27. The molecule has 0 bridgehead atoms. The van der Waals surface area contributed by atoms with Crippen molar-refractivity contribution in [3.8, 4) is 11.8 Å². The molecule has 21 heavy (non-hydrogen) atoms. The van der Waals surface area contributed by atoms with E-state index >= 15 is 0 Å². The van der Waals surface area contributed by atoms with Crippen LogP contribution in [0.3, 0.4) is 0 Å². The molecule has 0 aliphatic heterocycles. The van der Waals surface area contributed by atoms with E-state index < -0.39 is 5.97 Å². The van der Waals surface area contributed by atoms with Gasteiger partial charge in [-0.2, -0.15) is 0 Å². The van der Waals surface area contributed by atoms with Gasteiger partial charge in [-0.25, -0.2) is 4.79 Å². The Kier molecular flexibility index (Phi) is 5.00. The van der Waals surface area contributed by atoms with Crippen molar-refractivity contribution in [2.75, 3.05) is 12.4 Å². The van der Waals surface area contributed by atoms with Crippen molar-refractivity contribution in [3.63, 3.8) is 0 Å². The maximum absolute atomic E-state index is 11.2. The van der Waals surface area contributed by atoms with E-state index in [1.54, 1.807) is 0 Å². The zero-order valence-electron chi connectivity index (χ0n) is 12.1. The molecule has 0 radical (unpaired) electrons. The van der Waals surface area contributed by atoms with Crippen molar-refractivity contribution in [3.05, 3.63) is 65.7 Å². The van der Waals surface area contributed by atoms with Crippen molar-refractivity contribution >= 4 is 11.7 Å². The van der Waals surface area contributed by atoms with Crippen LogP contribution in [0, 0.1) is 18.8 Å². The van der Waals surface area contributed by atoms with E-state index in [1.807, 2.05) is 61.5 Å². The van der Waals surface area contributed by atoms with Crippen LogP contribution in [0.1, 0.15) is 17.2 Å². The molecule has 2 rings (SSSR count). The van der Waals surface area contributed by atoms with Crippen LogP contribution < -0.4 is 5.32 Å². The highest BCUT2D eigenvalue weighted by Crippen LogP contribution is 2.19. The third kappa shape index (κ3) is 4.39. The van der Waals surface area contributed by atoms with E-state index in [4.69, 9.17) is 0 Å². The van der Waals surface area contributed by atoms with Crippen LogP contribution in [-0.4, -0.2) is 13.1 Å². The van der Waals surface area contributed by atoms with Crippen molar-refractivity contribution < 1.29 is 9.53 Å². The fraction of sp³-hybridized carbons (Fsp3) is 0.167. The van der Waals surface area contributed by atoms with Gasteiger partial charge in [0.2, 0.25) is 0 Å². The Morgan fingerprint density at radius 3 is 2.57 bits per heavy atom. The number of hydrogen-bond donors (Lipinski definition) is 1. The first-order valence-electron chi connectivity index (χ1n) is 6.66. The fourth-order valence-corrected chi connectivity index (χ4v) is 1.93. The van der Waals surface area contributed by atoms with Crippen LogP contribution >= 0.6 is 0 Å². The minimum absolute atomic E-state index is 0.271. The van der Waals surface area contributed by atoms with E-state index in [0.717, 1.165) is 16.8 Å². The van der Waals surface area contributed by atoms with Gasteiger partial charge in [-0.05, 0) is 30.2 Å². The van der Waals surface area contributed by atoms with Gasteiger partial charge < -0.3 is 10.1 Å². The van der Waals surface area contributed by atoms with Crippen LogP contribution in [0.25, 0.3) is 0 Å². The lowest BCUT2D eigenvalue weighted by molar-refractivity contribution is -0.133. The molecular formula is C18H17NO2. The van der Waals surface area contributed by atoms with E-state index in [1.165, 1.54) is 7.11 Å². The molecule has 1 atom stereocenters. The van der Waals surface area contributed by atoms with E-state index in [0.29, 0.717) is 0 Å². The molecule has 0 aliphatic carbocycles. The van der Waals surface area contributed by atoms with E-state index in [-0.39, 0.29) is 6.04 Å². The number of methoxy groups -OCH3 is 1. The van der Waals surface area contributed by atoms with Gasteiger partial charge in [0, 0.05) is 11.6 Å². The standard InChI is InChI=1S/C18H17NO2/c1-14-7-6-10-16(13-14)19-17(11-12-18(20)21-2)15-8-4-3-5-9-15/h3-10,13,17,19H,1-2H3. The number of aryl methyl sites for hydroxylation is 1. The molecule has 0 amide bonds. The van der Waals surface area contributed by atoms with Gasteiger partial charge in [-0.15, -0.1) is 0 Å². The van der Waals surface area contributed by atoms with Crippen LogP contribution in [0.15, 0.2) is 54.6 Å². The molecule has 0 heterocycles.